The second-order valence-corrected chi connectivity index (χ2v) is 25.5. The number of nitrogens with zero attached hydrogens (tertiary/aromatic N) is 4. The highest BCUT2D eigenvalue weighted by Gasteiger charge is 1.98. The molecule has 0 unspecified atom stereocenters. The average Bonchev–Trinajstić information content (AvgIpc) is 4.08. The lowest BCUT2D eigenvalue weighted by atomic mass is 10.0. The van der Waals surface area contributed by atoms with Gasteiger partial charge >= 0.3 is 0 Å². The first-order chi connectivity index (χ1) is 32.2. The quantitative estimate of drug-likeness (QED) is 0.151. The Hall–Kier alpha value is -5.20. The van der Waals surface area contributed by atoms with E-state index in [1.54, 1.807) is 48.7 Å². The Bertz CT molecular complexity index is 1740. The van der Waals surface area contributed by atoms with E-state index in [2.05, 4.69) is 220 Å². The maximum absolute atomic E-state index is 4.58. The van der Waals surface area contributed by atoms with Crippen LogP contribution in [0.1, 0.15) is 166 Å². The normalized spacial score (nSPS) is 10.7. The number of aromatic nitrogens is 4. The van der Waals surface area contributed by atoms with E-state index in [1.165, 1.54) is 5.39 Å². The van der Waals surface area contributed by atoms with Crippen LogP contribution >= 0.6 is 11.3 Å². The standard InChI is InChI=1S/C9H7N.C8H6N2.C5H5N.C5H6.5C5H12.C4H4O.C4H4S.C4H10/c1-2-6-9-8(4-1)5-3-7-10-9;1-2-4-8-7(3-1)9-5-6-10-8;1-2-4-6-5-3-1;1-2-4-5-3-1;5*1-5(2,3)4;2*1-2-4-5-3-1;1-4(2)3/h1-7H;1-6H;1-5H;1-4H,5H2;5*1-4H3;2*1-4H;4H,1-3H3. The molecule has 0 amide bonds. The lowest BCUT2D eigenvalue weighted by Gasteiger charge is -2.05. The fourth-order valence-corrected chi connectivity index (χ4v) is 3.54. The number of pyridine rings is 2. The molecule has 8 rings (SSSR count). The minimum absolute atomic E-state index is 0.500. The van der Waals surface area contributed by atoms with Gasteiger partial charge in [-0.1, -0.05) is 238 Å². The van der Waals surface area contributed by atoms with Gasteiger partial charge in [0.15, 0.2) is 0 Å². The summed E-state index contributed by atoms with van der Waals surface area (Å²) in [6.07, 6.45) is 21.5. The largest absolute Gasteiger partial charge is 0.473 e. The molecular formula is C64H102N4OS. The van der Waals surface area contributed by atoms with Crippen LogP contribution in [0.25, 0.3) is 21.9 Å². The predicted molar refractivity (Wildman–Crippen MR) is 318 cm³/mol. The van der Waals surface area contributed by atoms with Gasteiger partial charge in [-0.25, -0.2) is 0 Å². The third-order valence-corrected chi connectivity index (χ3v) is 5.59. The first-order valence-electron chi connectivity index (χ1n) is 24.7. The predicted octanol–water partition coefficient (Wildman–Crippen LogP) is 21.4. The summed E-state index contributed by atoms with van der Waals surface area (Å²) in [7, 11) is 0. The first kappa shape index (κ1) is 71.4. The molecule has 5 nitrogen and oxygen atoms in total. The fourth-order valence-electron chi connectivity index (χ4n) is 3.08. The van der Waals surface area contributed by atoms with E-state index in [0.717, 1.165) is 28.9 Å². The van der Waals surface area contributed by atoms with Crippen LogP contribution in [0.15, 0.2) is 186 Å². The van der Waals surface area contributed by atoms with Gasteiger partial charge in [-0.2, -0.15) is 11.3 Å². The molecule has 0 fully saturated rings. The third-order valence-electron chi connectivity index (χ3n) is 4.96. The van der Waals surface area contributed by atoms with Crippen molar-refractivity contribution in [2.45, 2.75) is 166 Å². The summed E-state index contributed by atoms with van der Waals surface area (Å²) < 4.78 is 4.58. The molecule has 1 aliphatic carbocycles. The minimum Gasteiger partial charge on any atom is -0.473 e. The number of benzene rings is 2. The summed E-state index contributed by atoms with van der Waals surface area (Å²) in [5.41, 5.74) is 5.46. The molecule has 0 saturated carbocycles. The van der Waals surface area contributed by atoms with Gasteiger partial charge in [0.25, 0.3) is 0 Å². The average molecular weight is 976 g/mol. The molecule has 7 aromatic rings. The molecule has 2 aromatic carbocycles. The Kier molecular flexibility index (Phi) is 43.5. The van der Waals surface area contributed by atoms with Crippen molar-refractivity contribution in [1.82, 2.24) is 19.9 Å². The van der Waals surface area contributed by atoms with E-state index < -0.39 is 0 Å². The number of hydrogen-bond donors (Lipinski definition) is 0. The summed E-state index contributed by atoms with van der Waals surface area (Å²) >= 11 is 1.71. The van der Waals surface area contributed by atoms with Crippen molar-refractivity contribution < 1.29 is 4.42 Å². The highest BCUT2D eigenvalue weighted by Crippen LogP contribution is 2.11. The van der Waals surface area contributed by atoms with Crippen LogP contribution in [0.3, 0.4) is 0 Å². The van der Waals surface area contributed by atoms with Crippen LogP contribution in [0, 0.1) is 33.0 Å². The van der Waals surface area contributed by atoms with E-state index >= 15 is 0 Å². The molecule has 6 heteroatoms. The van der Waals surface area contributed by atoms with Crippen LogP contribution in [-0.4, -0.2) is 19.9 Å². The lowest BCUT2D eigenvalue weighted by molar-refractivity contribution is 0.469. The second kappa shape index (κ2) is 42.7. The van der Waals surface area contributed by atoms with E-state index in [9.17, 15) is 0 Å². The highest BCUT2D eigenvalue weighted by molar-refractivity contribution is 7.07. The SMILES string of the molecule is C1=CCC=C1.CC(C)(C)C.CC(C)(C)C.CC(C)(C)C.CC(C)(C)C.CC(C)(C)C.CC(C)C.c1ccc2ncccc2c1.c1ccc2nccnc2c1.c1ccncc1.c1ccoc1.c1ccsc1. The molecule has 0 radical (unpaired) electrons. The monoisotopic (exact) mass is 975 g/mol. The van der Waals surface area contributed by atoms with Gasteiger partial charge in [0.05, 0.1) is 29.1 Å². The zero-order valence-electron chi connectivity index (χ0n) is 48.7. The Balaban J connectivity index is -0.000000345. The number of para-hydroxylation sites is 3. The van der Waals surface area contributed by atoms with Crippen LogP contribution in [0.2, 0.25) is 0 Å². The van der Waals surface area contributed by atoms with Gasteiger partial charge in [-0.15, -0.1) is 0 Å². The molecule has 0 bridgehead atoms. The van der Waals surface area contributed by atoms with Crippen molar-refractivity contribution in [3.8, 4) is 0 Å². The minimum atomic E-state index is 0.500. The maximum Gasteiger partial charge on any atom is 0.0902 e. The Morgan fingerprint density at radius 3 is 0.957 bits per heavy atom. The third kappa shape index (κ3) is 89.4. The van der Waals surface area contributed by atoms with Crippen molar-refractivity contribution in [3.05, 3.63) is 182 Å². The van der Waals surface area contributed by atoms with E-state index in [4.69, 9.17) is 0 Å². The smallest absolute Gasteiger partial charge is 0.0902 e. The van der Waals surface area contributed by atoms with Crippen LogP contribution in [0.5, 0.6) is 0 Å². The summed E-state index contributed by atoms with van der Waals surface area (Å²) in [6, 6.07) is 33.3. The van der Waals surface area contributed by atoms with E-state index in [-0.39, 0.29) is 0 Å². The van der Waals surface area contributed by atoms with Gasteiger partial charge in [-0.05, 0) is 98.7 Å². The number of rotatable bonds is 0. The lowest BCUT2D eigenvalue weighted by Crippen LogP contribution is -1.93. The number of furan rings is 1. The number of fused-ring (bicyclic) bond motifs is 2. The van der Waals surface area contributed by atoms with E-state index in [1.807, 2.05) is 108 Å². The summed E-state index contributed by atoms with van der Waals surface area (Å²) in [6.45, 7) is 50.2. The zero-order valence-corrected chi connectivity index (χ0v) is 49.5. The molecule has 0 saturated heterocycles. The van der Waals surface area contributed by atoms with Crippen LogP contribution in [0.4, 0.5) is 0 Å². The number of hydrogen-bond acceptors (Lipinski definition) is 6. The zero-order chi connectivity index (χ0) is 54.5. The molecule has 0 N–H and O–H groups in total. The topological polar surface area (TPSA) is 64.7 Å². The summed E-state index contributed by atoms with van der Waals surface area (Å²) in [4.78, 5) is 16.2. The molecule has 0 aliphatic heterocycles. The first-order valence-corrected chi connectivity index (χ1v) is 25.7. The summed E-state index contributed by atoms with van der Waals surface area (Å²) in [5, 5.41) is 5.28. The van der Waals surface area contributed by atoms with Gasteiger partial charge in [0.1, 0.15) is 0 Å². The van der Waals surface area contributed by atoms with Gasteiger partial charge in [0, 0.05) is 36.4 Å². The van der Waals surface area contributed by atoms with Gasteiger partial charge < -0.3 is 4.42 Å². The van der Waals surface area contributed by atoms with Crippen molar-refractivity contribution >= 4 is 33.3 Å². The summed E-state index contributed by atoms with van der Waals surface area (Å²) in [5.74, 6) is 0.833. The van der Waals surface area contributed by atoms with E-state index in [0.29, 0.717) is 27.1 Å². The second-order valence-electron chi connectivity index (χ2n) is 24.7. The molecule has 5 heterocycles. The van der Waals surface area contributed by atoms with Crippen molar-refractivity contribution in [2.24, 2.45) is 33.0 Å². The molecule has 1 aliphatic rings. The Labute approximate surface area is 435 Å². The van der Waals surface area contributed by atoms with Crippen molar-refractivity contribution in [1.29, 1.82) is 0 Å². The van der Waals surface area contributed by atoms with Crippen molar-refractivity contribution in [3.63, 3.8) is 0 Å². The fraction of sp³-hybridized carbons (Fsp3) is 0.469. The maximum atomic E-state index is 4.58. The molecule has 390 valence electrons. The van der Waals surface area contributed by atoms with Crippen LogP contribution in [-0.2, 0) is 0 Å². The number of thiophene rings is 1. The van der Waals surface area contributed by atoms with Crippen LogP contribution < -0.4 is 0 Å². The molecule has 5 aromatic heterocycles. The van der Waals surface area contributed by atoms with Gasteiger partial charge in [0.2, 0.25) is 0 Å². The van der Waals surface area contributed by atoms with Crippen molar-refractivity contribution in [2.75, 3.05) is 0 Å². The Morgan fingerprint density at radius 2 is 0.714 bits per heavy atom. The molecular weight excluding hydrogens is 873 g/mol. The number of allylic oxidation sites excluding steroid dienone is 4. The molecule has 0 atom stereocenters. The molecule has 0 spiro atoms. The highest BCUT2D eigenvalue weighted by atomic mass is 32.1. The Morgan fingerprint density at radius 1 is 0.386 bits per heavy atom. The molecule has 70 heavy (non-hydrogen) atoms. The van der Waals surface area contributed by atoms with Gasteiger partial charge in [-0.3, -0.25) is 19.9 Å².